The van der Waals surface area contributed by atoms with Crippen molar-refractivity contribution in [3.63, 3.8) is 0 Å². The lowest BCUT2D eigenvalue weighted by Crippen LogP contribution is -2.09. The predicted octanol–water partition coefficient (Wildman–Crippen LogP) is 3.74. The molecule has 5 nitrogen and oxygen atoms in total. The molecule has 6 heteroatoms. The fourth-order valence-electron chi connectivity index (χ4n) is 2.16. The van der Waals surface area contributed by atoms with Gasteiger partial charge in [-0.05, 0) is 31.9 Å². The normalized spacial score (nSPS) is 10.8. The lowest BCUT2D eigenvalue weighted by molar-refractivity contribution is -0.145. The molecule has 2 rings (SSSR count). The number of rotatable bonds is 10. The van der Waals surface area contributed by atoms with Crippen LogP contribution in [0.3, 0.4) is 0 Å². The number of benzene rings is 1. The van der Waals surface area contributed by atoms with Crippen LogP contribution in [0.25, 0.3) is 11.0 Å². The van der Waals surface area contributed by atoms with Gasteiger partial charge in [-0.3, -0.25) is 9.59 Å². The van der Waals surface area contributed by atoms with Crippen LogP contribution in [-0.2, 0) is 14.3 Å². The number of carbonyl (C=O) groups excluding carboxylic acids is 2. The molecule has 124 valence electrons. The van der Waals surface area contributed by atoms with Gasteiger partial charge < -0.3 is 9.72 Å². The molecule has 1 aromatic heterocycles. The second-order valence-electron chi connectivity index (χ2n) is 5.42. The second kappa shape index (κ2) is 9.35. The summed E-state index contributed by atoms with van der Waals surface area (Å²) in [6, 6.07) is 8.02. The molecule has 0 aliphatic rings. The van der Waals surface area contributed by atoms with E-state index in [0.717, 1.165) is 47.6 Å². The third-order valence-corrected chi connectivity index (χ3v) is 4.26. The molecule has 1 aromatic carbocycles. The van der Waals surface area contributed by atoms with E-state index in [4.69, 9.17) is 4.74 Å². The van der Waals surface area contributed by atoms with E-state index in [1.807, 2.05) is 24.3 Å². The van der Waals surface area contributed by atoms with E-state index < -0.39 is 5.97 Å². The summed E-state index contributed by atoms with van der Waals surface area (Å²) in [6.45, 7) is 1.80. The molecule has 23 heavy (non-hydrogen) atoms. The second-order valence-corrected chi connectivity index (χ2v) is 6.50. The van der Waals surface area contributed by atoms with Gasteiger partial charge >= 0.3 is 5.97 Å². The molecule has 0 bridgehead atoms. The van der Waals surface area contributed by atoms with E-state index in [9.17, 15) is 9.59 Å². The summed E-state index contributed by atoms with van der Waals surface area (Å²) in [6.07, 6.45) is 3.95. The van der Waals surface area contributed by atoms with Crippen LogP contribution in [-0.4, -0.2) is 34.1 Å². The molecule has 0 spiro atoms. The van der Waals surface area contributed by atoms with Crippen molar-refractivity contribution in [3.05, 3.63) is 24.3 Å². The lowest BCUT2D eigenvalue weighted by Gasteiger charge is -2.03. The third kappa shape index (κ3) is 6.44. The quantitative estimate of drug-likeness (QED) is 0.310. The van der Waals surface area contributed by atoms with Gasteiger partial charge in [0.2, 0.25) is 0 Å². The number of esters is 1. The van der Waals surface area contributed by atoms with E-state index in [-0.39, 0.29) is 12.2 Å². The van der Waals surface area contributed by atoms with Crippen LogP contribution < -0.4 is 0 Å². The summed E-state index contributed by atoms with van der Waals surface area (Å²) in [5, 5.41) is 0.962. The molecule has 1 heterocycles. The molecular weight excluding hydrogens is 312 g/mol. The van der Waals surface area contributed by atoms with Crippen molar-refractivity contribution in [1.29, 1.82) is 0 Å². The van der Waals surface area contributed by atoms with Crippen LogP contribution in [0.2, 0.25) is 0 Å². The van der Waals surface area contributed by atoms with Crippen LogP contribution in [0.5, 0.6) is 0 Å². The average molecular weight is 334 g/mol. The number of Topliss-reactive ketones (excluding diaryl/α,β-unsaturated/α-hetero) is 1. The van der Waals surface area contributed by atoms with Crippen LogP contribution in [0.15, 0.2) is 29.4 Å². The van der Waals surface area contributed by atoms with Crippen LogP contribution in [0.4, 0.5) is 0 Å². The zero-order chi connectivity index (χ0) is 16.5. The standard InChI is InChI=1S/C17H22N2O3S/c1-13(20)12-16(21)22-10-6-2-3-7-11-23-17-18-14-8-4-5-9-15(14)19-17/h4-5,8-9H,2-3,6-7,10-12H2,1H3,(H,18,19). The summed E-state index contributed by atoms with van der Waals surface area (Å²) >= 11 is 1.73. The number of unbranched alkanes of at least 4 members (excludes halogenated alkanes) is 3. The Morgan fingerprint density at radius 1 is 1.17 bits per heavy atom. The number of nitrogens with zero attached hydrogens (tertiary/aromatic N) is 1. The number of thioether (sulfide) groups is 1. The van der Waals surface area contributed by atoms with E-state index >= 15 is 0 Å². The first-order chi connectivity index (χ1) is 11.1. The van der Waals surface area contributed by atoms with Crippen molar-refractivity contribution in [2.75, 3.05) is 12.4 Å². The lowest BCUT2D eigenvalue weighted by atomic mass is 10.2. The molecule has 0 fully saturated rings. The number of hydrogen-bond acceptors (Lipinski definition) is 5. The Morgan fingerprint density at radius 3 is 2.74 bits per heavy atom. The number of hydrogen-bond donors (Lipinski definition) is 1. The number of fused-ring (bicyclic) bond motifs is 1. The molecule has 1 N–H and O–H groups in total. The van der Waals surface area contributed by atoms with Crippen molar-refractivity contribution in [1.82, 2.24) is 9.97 Å². The molecule has 0 aliphatic heterocycles. The van der Waals surface area contributed by atoms with E-state index in [1.54, 1.807) is 11.8 Å². The van der Waals surface area contributed by atoms with E-state index in [0.29, 0.717) is 6.61 Å². The van der Waals surface area contributed by atoms with Crippen LogP contribution in [0, 0.1) is 0 Å². The Bertz CT molecular complexity index is 621. The highest BCUT2D eigenvalue weighted by molar-refractivity contribution is 7.99. The van der Waals surface area contributed by atoms with Crippen LogP contribution in [0.1, 0.15) is 39.0 Å². The number of ketones is 1. The highest BCUT2D eigenvalue weighted by atomic mass is 32.2. The topological polar surface area (TPSA) is 72.1 Å². The van der Waals surface area contributed by atoms with Gasteiger partial charge in [-0.2, -0.15) is 0 Å². The molecular formula is C17H22N2O3S. The molecule has 0 amide bonds. The zero-order valence-electron chi connectivity index (χ0n) is 13.3. The largest absolute Gasteiger partial charge is 0.465 e. The van der Waals surface area contributed by atoms with Gasteiger partial charge in [0.25, 0.3) is 0 Å². The summed E-state index contributed by atoms with van der Waals surface area (Å²) in [5.41, 5.74) is 2.07. The number of H-pyrrole nitrogens is 1. The van der Waals surface area contributed by atoms with Gasteiger partial charge in [-0.1, -0.05) is 36.7 Å². The van der Waals surface area contributed by atoms with Crippen molar-refractivity contribution in [2.45, 2.75) is 44.2 Å². The Morgan fingerprint density at radius 2 is 1.96 bits per heavy atom. The fraction of sp³-hybridized carbons (Fsp3) is 0.471. The highest BCUT2D eigenvalue weighted by Crippen LogP contribution is 2.20. The molecule has 0 aliphatic carbocycles. The molecule has 2 aromatic rings. The fourth-order valence-corrected chi connectivity index (χ4v) is 3.05. The third-order valence-electron chi connectivity index (χ3n) is 3.30. The number of aromatic nitrogens is 2. The predicted molar refractivity (Wildman–Crippen MR) is 91.5 cm³/mol. The smallest absolute Gasteiger partial charge is 0.313 e. The SMILES string of the molecule is CC(=O)CC(=O)OCCCCCCSc1nc2ccccc2[nH]1. The number of ether oxygens (including phenoxy) is 1. The van der Waals surface area contributed by atoms with Gasteiger partial charge in [-0.25, -0.2) is 4.98 Å². The van der Waals surface area contributed by atoms with Gasteiger partial charge in [0.1, 0.15) is 12.2 Å². The average Bonchev–Trinajstić information content (AvgIpc) is 2.91. The first-order valence-electron chi connectivity index (χ1n) is 7.88. The van der Waals surface area contributed by atoms with Crippen LogP contribution >= 0.6 is 11.8 Å². The summed E-state index contributed by atoms with van der Waals surface area (Å²) in [7, 11) is 0. The maximum absolute atomic E-state index is 11.2. The number of carbonyl (C=O) groups is 2. The molecule has 0 radical (unpaired) electrons. The first-order valence-corrected chi connectivity index (χ1v) is 8.86. The number of aromatic amines is 1. The first kappa shape index (κ1) is 17.5. The summed E-state index contributed by atoms with van der Waals surface area (Å²) < 4.78 is 4.98. The maximum Gasteiger partial charge on any atom is 0.313 e. The minimum Gasteiger partial charge on any atom is -0.465 e. The van der Waals surface area contributed by atoms with E-state index in [1.165, 1.54) is 6.92 Å². The van der Waals surface area contributed by atoms with Crippen molar-refractivity contribution in [2.24, 2.45) is 0 Å². The number of para-hydroxylation sites is 2. The van der Waals surface area contributed by atoms with Gasteiger partial charge in [0.05, 0.1) is 17.6 Å². The highest BCUT2D eigenvalue weighted by Gasteiger charge is 2.05. The van der Waals surface area contributed by atoms with Gasteiger partial charge in [0, 0.05) is 5.75 Å². The van der Waals surface area contributed by atoms with E-state index in [2.05, 4.69) is 9.97 Å². The Kier molecular flexibility index (Phi) is 7.13. The number of nitrogens with one attached hydrogen (secondary N) is 1. The molecule has 0 atom stereocenters. The molecule has 0 saturated heterocycles. The minimum absolute atomic E-state index is 0.117. The van der Waals surface area contributed by atoms with Crippen molar-refractivity contribution < 1.29 is 14.3 Å². The van der Waals surface area contributed by atoms with Gasteiger partial charge in [0.15, 0.2) is 5.16 Å². The Balaban J connectivity index is 1.51. The zero-order valence-corrected chi connectivity index (χ0v) is 14.2. The maximum atomic E-state index is 11.2. The number of imidazole rings is 1. The molecule has 0 unspecified atom stereocenters. The Hall–Kier alpha value is -1.82. The Labute approximate surface area is 140 Å². The minimum atomic E-state index is -0.419. The summed E-state index contributed by atoms with van der Waals surface area (Å²) in [4.78, 5) is 29.7. The van der Waals surface area contributed by atoms with Crippen molar-refractivity contribution in [3.8, 4) is 0 Å². The monoisotopic (exact) mass is 334 g/mol. The van der Waals surface area contributed by atoms with Gasteiger partial charge in [-0.15, -0.1) is 0 Å². The summed E-state index contributed by atoms with van der Waals surface area (Å²) in [5.74, 6) is 0.444. The van der Waals surface area contributed by atoms with Crippen molar-refractivity contribution >= 4 is 34.5 Å². The molecule has 0 saturated carbocycles.